The number of carbonyl (C=O) groups excluding carboxylic acids is 2. The molecule has 1 aromatic rings. The van der Waals surface area contributed by atoms with Gasteiger partial charge in [-0.15, -0.1) is 0 Å². The summed E-state index contributed by atoms with van der Waals surface area (Å²) in [6.45, 7) is 3.28. The lowest BCUT2D eigenvalue weighted by Crippen LogP contribution is -2.54. The maximum Gasteiger partial charge on any atom is 0.273 e. The minimum absolute atomic E-state index is 0.108. The zero-order chi connectivity index (χ0) is 18.5. The minimum atomic E-state index is -0.183. The number of nitrogens with zero attached hydrogens (tertiary/aromatic N) is 2. The third-order valence-electron chi connectivity index (χ3n) is 7.51. The highest BCUT2D eigenvalue weighted by Crippen LogP contribution is 2.56. The maximum absolute atomic E-state index is 13.3. The average molecular weight is 371 g/mol. The van der Waals surface area contributed by atoms with Gasteiger partial charge in [-0.1, -0.05) is 5.16 Å². The SMILES string of the molecule is Cc1cc(C(=O)NC2CCN(C(=O)C3C4CC5CC(C4)CC3C5)CC2)no1. The second kappa shape index (κ2) is 6.64. The van der Waals surface area contributed by atoms with Crippen molar-refractivity contribution in [2.24, 2.45) is 29.6 Å². The molecule has 1 saturated heterocycles. The molecule has 5 fully saturated rings. The van der Waals surface area contributed by atoms with Crippen molar-refractivity contribution in [3.05, 3.63) is 17.5 Å². The summed E-state index contributed by atoms with van der Waals surface area (Å²) in [6.07, 6.45) is 8.20. The van der Waals surface area contributed by atoms with Gasteiger partial charge < -0.3 is 14.7 Å². The number of aromatic nitrogens is 1. The molecular weight excluding hydrogens is 342 g/mol. The standard InChI is InChI=1S/C21H29N3O3/c1-12-6-18(23-27-12)20(25)22-17-2-4-24(5-3-17)21(26)19-15-8-13-7-14(10-15)11-16(19)9-13/h6,13-17,19H,2-5,7-11H2,1H3,(H,22,25). The van der Waals surface area contributed by atoms with E-state index >= 15 is 0 Å². The quantitative estimate of drug-likeness (QED) is 0.886. The van der Waals surface area contributed by atoms with Crippen LogP contribution in [0, 0.1) is 36.5 Å². The van der Waals surface area contributed by atoms with Crippen molar-refractivity contribution < 1.29 is 14.1 Å². The summed E-state index contributed by atoms with van der Waals surface area (Å²) in [7, 11) is 0. The number of nitrogens with one attached hydrogen (secondary N) is 1. The third kappa shape index (κ3) is 3.17. The Morgan fingerprint density at radius 1 is 1.07 bits per heavy atom. The largest absolute Gasteiger partial charge is 0.361 e. The Kier molecular flexibility index (Phi) is 4.25. The van der Waals surface area contributed by atoms with Crippen molar-refractivity contribution in [1.82, 2.24) is 15.4 Å². The Morgan fingerprint density at radius 2 is 1.70 bits per heavy atom. The Labute approximate surface area is 160 Å². The van der Waals surface area contributed by atoms with E-state index in [1.807, 2.05) is 0 Å². The molecule has 4 saturated carbocycles. The van der Waals surface area contributed by atoms with E-state index in [1.54, 1.807) is 13.0 Å². The lowest BCUT2D eigenvalue weighted by Gasteiger charge is -2.54. The van der Waals surface area contributed by atoms with Crippen molar-refractivity contribution in [1.29, 1.82) is 0 Å². The number of carbonyl (C=O) groups is 2. The van der Waals surface area contributed by atoms with Crippen LogP contribution >= 0.6 is 0 Å². The number of piperidine rings is 1. The average Bonchev–Trinajstić information content (AvgIpc) is 3.08. The van der Waals surface area contributed by atoms with Crippen LogP contribution in [0.25, 0.3) is 0 Å². The molecule has 146 valence electrons. The van der Waals surface area contributed by atoms with Crippen LogP contribution in [-0.2, 0) is 4.79 Å². The van der Waals surface area contributed by atoms with E-state index in [-0.39, 0.29) is 17.9 Å². The van der Waals surface area contributed by atoms with Crippen molar-refractivity contribution in [3.63, 3.8) is 0 Å². The van der Waals surface area contributed by atoms with E-state index in [4.69, 9.17) is 4.52 Å². The molecule has 1 aromatic heterocycles. The van der Waals surface area contributed by atoms with Crippen molar-refractivity contribution in [2.45, 2.75) is 57.9 Å². The topological polar surface area (TPSA) is 75.4 Å². The maximum atomic E-state index is 13.3. The first-order valence-electron chi connectivity index (χ1n) is 10.6. The van der Waals surface area contributed by atoms with Crippen LogP contribution in [0.1, 0.15) is 61.2 Å². The van der Waals surface area contributed by atoms with Crippen molar-refractivity contribution in [3.8, 4) is 0 Å². The van der Waals surface area contributed by atoms with E-state index in [1.165, 1.54) is 32.1 Å². The number of rotatable bonds is 3. The van der Waals surface area contributed by atoms with Gasteiger partial charge in [0.1, 0.15) is 5.76 Å². The molecule has 1 N–H and O–H groups in total. The number of aryl methyl sites for hydroxylation is 1. The number of hydrogen-bond donors (Lipinski definition) is 1. The zero-order valence-corrected chi connectivity index (χ0v) is 16.0. The second-order valence-electron chi connectivity index (χ2n) is 9.35. The smallest absolute Gasteiger partial charge is 0.273 e. The molecule has 0 unspecified atom stereocenters. The van der Waals surface area contributed by atoms with Gasteiger partial charge in [-0.05, 0) is 75.5 Å². The molecule has 5 aliphatic rings. The molecule has 0 spiro atoms. The van der Waals surface area contributed by atoms with E-state index < -0.39 is 0 Å². The molecule has 4 aliphatic carbocycles. The first-order valence-corrected chi connectivity index (χ1v) is 10.6. The van der Waals surface area contributed by atoms with E-state index in [2.05, 4.69) is 15.4 Å². The predicted octanol–water partition coefficient (Wildman–Crippen LogP) is 2.78. The molecular formula is C21H29N3O3. The molecule has 6 nitrogen and oxygen atoms in total. The molecule has 27 heavy (non-hydrogen) atoms. The van der Waals surface area contributed by atoms with E-state index in [9.17, 15) is 9.59 Å². The molecule has 0 atom stereocenters. The first kappa shape index (κ1) is 17.3. The summed E-state index contributed by atoms with van der Waals surface area (Å²) in [5.74, 6) is 4.22. The fraction of sp³-hybridized carbons (Fsp3) is 0.762. The number of hydrogen-bond acceptors (Lipinski definition) is 4. The minimum Gasteiger partial charge on any atom is -0.361 e. The Balaban J connectivity index is 1.16. The van der Waals surface area contributed by atoms with Gasteiger partial charge in [0.15, 0.2) is 5.69 Å². The fourth-order valence-electron chi connectivity index (χ4n) is 6.52. The van der Waals surface area contributed by atoms with Gasteiger partial charge in [-0.25, -0.2) is 0 Å². The molecule has 2 heterocycles. The first-order chi connectivity index (χ1) is 13.1. The summed E-state index contributed by atoms with van der Waals surface area (Å²) in [4.78, 5) is 27.6. The number of likely N-dealkylation sites (tertiary alicyclic amines) is 1. The van der Waals surface area contributed by atoms with Gasteiger partial charge in [0.25, 0.3) is 5.91 Å². The van der Waals surface area contributed by atoms with Gasteiger partial charge in [0.05, 0.1) is 0 Å². The summed E-state index contributed by atoms with van der Waals surface area (Å²) in [6, 6.07) is 1.76. The molecule has 0 aromatic carbocycles. The molecule has 4 bridgehead atoms. The Bertz CT molecular complexity index is 707. The van der Waals surface area contributed by atoms with Crippen LogP contribution in [0.3, 0.4) is 0 Å². The van der Waals surface area contributed by atoms with Crippen LogP contribution in [-0.4, -0.2) is 41.0 Å². The van der Waals surface area contributed by atoms with Gasteiger partial charge in [-0.3, -0.25) is 9.59 Å². The van der Waals surface area contributed by atoms with E-state index in [0.717, 1.165) is 37.8 Å². The summed E-state index contributed by atoms with van der Waals surface area (Å²) < 4.78 is 4.97. The fourth-order valence-corrected chi connectivity index (χ4v) is 6.52. The van der Waals surface area contributed by atoms with Gasteiger partial charge >= 0.3 is 0 Å². The summed E-state index contributed by atoms with van der Waals surface area (Å²) in [5.41, 5.74) is 0.333. The van der Waals surface area contributed by atoms with Gasteiger partial charge in [0.2, 0.25) is 5.91 Å². The molecule has 0 radical (unpaired) electrons. The highest BCUT2D eigenvalue weighted by atomic mass is 16.5. The molecule has 6 rings (SSSR count). The Hall–Kier alpha value is -1.85. The summed E-state index contributed by atoms with van der Waals surface area (Å²) >= 11 is 0. The van der Waals surface area contributed by atoms with Crippen LogP contribution in [0.2, 0.25) is 0 Å². The van der Waals surface area contributed by atoms with Gasteiger partial charge in [0, 0.05) is 31.1 Å². The predicted molar refractivity (Wildman–Crippen MR) is 98.8 cm³/mol. The summed E-state index contributed by atoms with van der Waals surface area (Å²) in [5, 5.41) is 6.82. The van der Waals surface area contributed by atoms with Crippen LogP contribution in [0.4, 0.5) is 0 Å². The third-order valence-corrected chi connectivity index (χ3v) is 7.51. The van der Waals surface area contributed by atoms with Crippen LogP contribution in [0.5, 0.6) is 0 Å². The number of amides is 2. The van der Waals surface area contributed by atoms with Crippen molar-refractivity contribution in [2.75, 3.05) is 13.1 Å². The van der Waals surface area contributed by atoms with Gasteiger partial charge in [-0.2, -0.15) is 0 Å². The normalized spacial score (nSPS) is 35.4. The monoisotopic (exact) mass is 371 g/mol. The zero-order valence-electron chi connectivity index (χ0n) is 16.0. The molecule has 1 aliphatic heterocycles. The van der Waals surface area contributed by atoms with Crippen molar-refractivity contribution >= 4 is 11.8 Å². The highest BCUT2D eigenvalue weighted by Gasteiger charge is 2.51. The lowest BCUT2D eigenvalue weighted by molar-refractivity contribution is -0.150. The van der Waals surface area contributed by atoms with Crippen LogP contribution in [0.15, 0.2) is 10.6 Å². The molecule has 6 heteroatoms. The van der Waals surface area contributed by atoms with Crippen LogP contribution < -0.4 is 5.32 Å². The lowest BCUT2D eigenvalue weighted by atomic mass is 9.51. The van der Waals surface area contributed by atoms with E-state index in [0.29, 0.717) is 29.2 Å². The highest BCUT2D eigenvalue weighted by molar-refractivity contribution is 5.92. The Morgan fingerprint density at radius 3 is 2.26 bits per heavy atom. The second-order valence-corrected chi connectivity index (χ2v) is 9.35. The molecule has 2 amide bonds.